The van der Waals surface area contributed by atoms with Crippen molar-refractivity contribution in [3.05, 3.63) is 84.2 Å². The van der Waals surface area contributed by atoms with Gasteiger partial charge in [0.1, 0.15) is 12.3 Å². The second kappa shape index (κ2) is 12.1. The van der Waals surface area contributed by atoms with Crippen LogP contribution < -0.4 is 5.32 Å². The van der Waals surface area contributed by atoms with E-state index in [0.717, 1.165) is 11.1 Å². The van der Waals surface area contributed by atoms with Crippen LogP contribution in [0.15, 0.2) is 77.8 Å². The molecule has 3 aromatic rings. The topological polar surface area (TPSA) is 90.0 Å². The van der Waals surface area contributed by atoms with Gasteiger partial charge < -0.3 is 5.32 Å². The normalized spacial score (nSPS) is 19.3. The molecule has 4 rings (SSSR count). The molecule has 1 N–H and O–H groups in total. The maximum absolute atomic E-state index is 13.0. The average molecular weight is 496 g/mol. The van der Waals surface area contributed by atoms with Crippen LogP contribution in [0.2, 0.25) is 0 Å². The van der Waals surface area contributed by atoms with Crippen molar-refractivity contribution in [1.29, 1.82) is 0 Å². The summed E-state index contributed by atoms with van der Waals surface area (Å²) in [6.45, 7) is 2.73. The Kier molecular flexibility index (Phi) is 8.73. The van der Waals surface area contributed by atoms with E-state index >= 15 is 0 Å². The summed E-state index contributed by atoms with van der Waals surface area (Å²) in [5, 5.41) is 4.68. The molecule has 1 aliphatic rings. The van der Waals surface area contributed by atoms with E-state index in [9.17, 15) is 9.00 Å². The van der Waals surface area contributed by atoms with Crippen molar-refractivity contribution in [3.63, 3.8) is 0 Å². The molecule has 0 spiro atoms. The Bertz CT molecular complexity index is 1130. The fraction of sp³-hybridized carbons (Fsp3) is 0.308. The van der Waals surface area contributed by atoms with E-state index in [1.54, 1.807) is 29.5 Å². The van der Waals surface area contributed by atoms with E-state index < -0.39 is 11.1 Å². The molecule has 9 heteroatoms. The molecule has 3 atom stereocenters. The van der Waals surface area contributed by atoms with E-state index in [0.29, 0.717) is 30.0 Å². The quantitative estimate of drug-likeness (QED) is 0.356. The Hall–Kier alpha value is -2.95. The summed E-state index contributed by atoms with van der Waals surface area (Å²) in [6.07, 6.45) is 2.76. The fourth-order valence-electron chi connectivity index (χ4n) is 3.95. The van der Waals surface area contributed by atoms with Gasteiger partial charge in [0.15, 0.2) is 0 Å². The summed E-state index contributed by atoms with van der Waals surface area (Å²) in [4.78, 5) is 27.1. The van der Waals surface area contributed by atoms with Crippen molar-refractivity contribution in [2.75, 3.05) is 20.3 Å². The zero-order valence-corrected chi connectivity index (χ0v) is 20.6. The molecular weight excluding hydrogens is 466 g/mol. The number of aromatic nitrogens is 1. The van der Waals surface area contributed by atoms with Crippen molar-refractivity contribution >= 4 is 17.0 Å². The maximum atomic E-state index is 13.0. The third-order valence-electron chi connectivity index (χ3n) is 5.87. The Morgan fingerprint density at radius 3 is 2.46 bits per heavy atom. The highest BCUT2D eigenvalue weighted by Crippen LogP contribution is 2.24. The van der Waals surface area contributed by atoms with E-state index in [2.05, 4.69) is 41.5 Å². The van der Waals surface area contributed by atoms with Crippen LogP contribution >= 0.6 is 0 Å². The van der Waals surface area contributed by atoms with Crippen molar-refractivity contribution in [2.45, 2.75) is 36.7 Å². The molecule has 2 heterocycles. The Morgan fingerprint density at radius 2 is 1.80 bits per heavy atom. The maximum Gasteiger partial charge on any atom is 0.270 e. The molecule has 0 saturated carbocycles. The van der Waals surface area contributed by atoms with Crippen LogP contribution in [0.5, 0.6) is 0 Å². The minimum absolute atomic E-state index is 0.1000. The van der Waals surface area contributed by atoms with Gasteiger partial charge in [0.2, 0.25) is 11.1 Å². The van der Waals surface area contributed by atoms with Crippen LogP contribution in [-0.2, 0) is 25.1 Å². The lowest BCUT2D eigenvalue weighted by molar-refractivity contribution is -0.291. The molecular formula is C26H29N3O5S. The molecule has 1 amide bonds. The summed E-state index contributed by atoms with van der Waals surface area (Å²) in [5.41, 5.74) is 3.71. The predicted octanol–water partition coefficient (Wildman–Crippen LogP) is 3.85. The van der Waals surface area contributed by atoms with Gasteiger partial charge in [-0.05, 0) is 55.2 Å². The lowest BCUT2D eigenvalue weighted by Gasteiger charge is -2.37. The van der Waals surface area contributed by atoms with E-state index in [1.807, 2.05) is 24.3 Å². The number of aryl methyl sites for hydroxylation is 1. The highest BCUT2D eigenvalue weighted by molar-refractivity contribution is 7.80. The number of nitrogens with one attached hydrogen (secondary N) is 1. The third-order valence-corrected chi connectivity index (χ3v) is 6.85. The highest BCUT2D eigenvalue weighted by atomic mass is 32.2. The first-order valence-corrected chi connectivity index (χ1v) is 12.5. The van der Waals surface area contributed by atoms with Gasteiger partial charge in [0.05, 0.1) is 18.0 Å². The number of carbonyl (C=O) groups is 1. The number of rotatable bonds is 9. The number of benzene rings is 2. The van der Waals surface area contributed by atoms with Gasteiger partial charge in [-0.3, -0.25) is 9.78 Å². The predicted molar refractivity (Wildman–Crippen MR) is 132 cm³/mol. The molecule has 2 aromatic carbocycles. The van der Waals surface area contributed by atoms with Gasteiger partial charge in [-0.25, -0.2) is 14.0 Å². The average Bonchev–Trinajstić information content (AvgIpc) is 2.89. The molecule has 8 nitrogen and oxygen atoms in total. The number of amides is 1. The standard InChI is InChI=1S/C26H29N3O5S/c1-19-6-8-20(9-7-19)21-10-12-24(13-11-21)35(31)34-29-16-14-22(17-23(29)18-33-32-2)28-26(30)25-5-3-4-15-27-25/h3-13,15,22-23H,14,16-18H2,1-2H3,(H,28,30). The van der Waals surface area contributed by atoms with Gasteiger partial charge in [-0.1, -0.05) is 48.0 Å². The van der Waals surface area contributed by atoms with E-state index in [-0.39, 0.29) is 24.6 Å². The summed E-state index contributed by atoms with van der Waals surface area (Å²) in [5.74, 6) is -0.228. The lowest BCUT2D eigenvalue weighted by atomic mass is 9.99. The molecule has 1 fully saturated rings. The van der Waals surface area contributed by atoms with Crippen LogP contribution in [0, 0.1) is 6.92 Å². The molecule has 1 aromatic heterocycles. The smallest absolute Gasteiger partial charge is 0.270 e. The third kappa shape index (κ3) is 6.81. The molecule has 1 saturated heterocycles. The van der Waals surface area contributed by atoms with Crippen LogP contribution in [0.3, 0.4) is 0 Å². The Balaban J connectivity index is 1.37. The second-order valence-electron chi connectivity index (χ2n) is 8.36. The number of nitrogens with zero attached hydrogens (tertiary/aromatic N) is 2. The first-order valence-electron chi connectivity index (χ1n) is 11.4. The SMILES string of the molecule is COOCC1CC(NC(=O)c2ccccn2)CCN1OS(=O)c1ccc(-c2ccc(C)cc2)cc1. The van der Waals surface area contributed by atoms with Crippen molar-refractivity contribution in [3.8, 4) is 11.1 Å². The van der Waals surface area contributed by atoms with Crippen molar-refractivity contribution in [2.24, 2.45) is 0 Å². The second-order valence-corrected chi connectivity index (χ2v) is 9.44. The number of hydrogen-bond donors (Lipinski definition) is 1. The van der Waals surface area contributed by atoms with Gasteiger partial charge >= 0.3 is 0 Å². The van der Waals surface area contributed by atoms with E-state index in [4.69, 9.17) is 14.1 Å². The zero-order chi connectivity index (χ0) is 24.6. The summed E-state index contributed by atoms with van der Waals surface area (Å²) in [6, 6.07) is 20.6. The molecule has 0 radical (unpaired) electrons. The summed E-state index contributed by atoms with van der Waals surface area (Å²) >= 11 is -1.69. The zero-order valence-electron chi connectivity index (χ0n) is 19.8. The summed E-state index contributed by atoms with van der Waals surface area (Å²) in [7, 11) is 1.43. The minimum Gasteiger partial charge on any atom is -0.348 e. The van der Waals surface area contributed by atoms with Crippen LogP contribution in [-0.4, -0.2) is 52.5 Å². The molecule has 35 heavy (non-hydrogen) atoms. The Morgan fingerprint density at radius 1 is 1.09 bits per heavy atom. The van der Waals surface area contributed by atoms with Crippen LogP contribution in [0.1, 0.15) is 28.9 Å². The van der Waals surface area contributed by atoms with Crippen LogP contribution in [0.25, 0.3) is 11.1 Å². The number of piperidine rings is 1. The monoisotopic (exact) mass is 495 g/mol. The number of carbonyl (C=O) groups excluding carboxylic acids is 1. The van der Waals surface area contributed by atoms with Gasteiger partial charge in [-0.15, -0.1) is 0 Å². The van der Waals surface area contributed by atoms with E-state index in [1.165, 1.54) is 12.7 Å². The lowest BCUT2D eigenvalue weighted by Crippen LogP contribution is -2.51. The van der Waals surface area contributed by atoms with Crippen molar-refractivity contribution < 1.29 is 23.1 Å². The highest BCUT2D eigenvalue weighted by Gasteiger charge is 2.32. The van der Waals surface area contributed by atoms with Gasteiger partial charge in [0.25, 0.3) is 5.91 Å². The molecule has 1 aliphatic heterocycles. The summed E-state index contributed by atoms with van der Waals surface area (Å²) < 4.78 is 18.8. The van der Waals surface area contributed by atoms with Gasteiger partial charge in [0, 0.05) is 18.8 Å². The number of pyridine rings is 1. The first kappa shape index (κ1) is 25.2. The van der Waals surface area contributed by atoms with Crippen LogP contribution in [0.4, 0.5) is 0 Å². The molecule has 0 aliphatic carbocycles. The number of hydroxylamine groups is 2. The largest absolute Gasteiger partial charge is 0.348 e. The van der Waals surface area contributed by atoms with Gasteiger partial charge in [-0.2, -0.15) is 9.35 Å². The van der Waals surface area contributed by atoms with Crippen molar-refractivity contribution in [1.82, 2.24) is 15.4 Å². The first-order chi connectivity index (χ1) is 17.0. The molecule has 3 unspecified atom stereocenters. The fourth-order valence-corrected chi connectivity index (χ4v) is 4.76. The molecule has 184 valence electrons. The number of hydrogen-bond acceptors (Lipinski definition) is 7. The minimum atomic E-state index is -1.69. The Labute approximate surface area is 207 Å². The molecule has 0 bridgehead atoms.